The van der Waals surface area contributed by atoms with Crippen LogP contribution in [0.4, 0.5) is 10.1 Å². The number of aliphatic hydroxyl groups excluding tert-OH is 1. The van der Waals surface area contributed by atoms with Crippen LogP contribution in [0.3, 0.4) is 0 Å². The van der Waals surface area contributed by atoms with E-state index in [9.17, 15) is 14.3 Å². The normalized spacial score (nSPS) is 22.8. The summed E-state index contributed by atoms with van der Waals surface area (Å²) in [5, 5.41) is 9.52. The van der Waals surface area contributed by atoms with Crippen molar-refractivity contribution in [1.29, 1.82) is 0 Å². The van der Waals surface area contributed by atoms with Crippen LogP contribution < -0.4 is 4.90 Å². The Morgan fingerprint density at radius 1 is 1.42 bits per heavy atom. The van der Waals surface area contributed by atoms with Gasteiger partial charge in [0.15, 0.2) is 0 Å². The molecule has 1 aromatic carbocycles. The largest absolute Gasteiger partial charge is 0.394 e. The molecular formula is C14H19FN2O2. The van der Waals surface area contributed by atoms with E-state index in [1.807, 2.05) is 13.8 Å². The van der Waals surface area contributed by atoms with E-state index in [2.05, 4.69) is 0 Å². The molecule has 2 rings (SSSR count). The molecule has 1 amide bonds. The van der Waals surface area contributed by atoms with Gasteiger partial charge in [0.25, 0.3) is 0 Å². The van der Waals surface area contributed by atoms with Gasteiger partial charge in [-0.1, -0.05) is 12.1 Å². The SMILES string of the molecule is CN1CC(C)(C)N(c2ccccc2F)C(CO)C1=O. The number of benzene rings is 1. The maximum atomic E-state index is 14.0. The van der Waals surface area contributed by atoms with Crippen LogP contribution in [-0.2, 0) is 4.79 Å². The van der Waals surface area contributed by atoms with Crippen LogP contribution >= 0.6 is 0 Å². The van der Waals surface area contributed by atoms with Gasteiger partial charge in [-0.3, -0.25) is 4.79 Å². The fourth-order valence-electron chi connectivity index (χ4n) is 2.82. The standard InChI is InChI=1S/C14H19FN2O2/c1-14(2)9-16(3)13(19)12(8-18)17(14)11-7-5-4-6-10(11)15/h4-7,12,18H,8-9H2,1-3H3. The van der Waals surface area contributed by atoms with Crippen molar-refractivity contribution in [3.05, 3.63) is 30.1 Å². The fraction of sp³-hybridized carbons (Fsp3) is 0.500. The summed E-state index contributed by atoms with van der Waals surface area (Å²) < 4.78 is 14.0. The lowest BCUT2D eigenvalue weighted by Gasteiger charge is -2.51. The second kappa shape index (κ2) is 4.81. The van der Waals surface area contributed by atoms with Gasteiger partial charge in [-0.2, -0.15) is 0 Å². The first-order valence-electron chi connectivity index (χ1n) is 6.28. The van der Waals surface area contributed by atoms with Crippen molar-refractivity contribution in [3.8, 4) is 0 Å². The van der Waals surface area contributed by atoms with Crippen LogP contribution in [0, 0.1) is 5.82 Å². The number of rotatable bonds is 2. The Morgan fingerprint density at radius 2 is 2.05 bits per heavy atom. The molecule has 1 heterocycles. The molecule has 19 heavy (non-hydrogen) atoms. The molecule has 1 aliphatic rings. The number of likely N-dealkylation sites (N-methyl/N-ethyl adjacent to an activating group) is 1. The number of amides is 1. The van der Waals surface area contributed by atoms with Crippen molar-refractivity contribution < 1.29 is 14.3 Å². The number of carbonyl (C=O) groups excluding carboxylic acids is 1. The Balaban J connectivity index is 2.50. The summed E-state index contributed by atoms with van der Waals surface area (Å²) >= 11 is 0. The Morgan fingerprint density at radius 3 is 2.63 bits per heavy atom. The second-order valence-electron chi connectivity index (χ2n) is 5.53. The molecule has 0 radical (unpaired) electrons. The number of halogens is 1. The van der Waals surface area contributed by atoms with E-state index in [1.54, 1.807) is 35.0 Å². The molecule has 1 atom stereocenters. The number of piperazine rings is 1. The molecule has 0 saturated carbocycles. The minimum atomic E-state index is -0.745. The van der Waals surface area contributed by atoms with Crippen molar-refractivity contribution in [2.45, 2.75) is 25.4 Å². The Hall–Kier alpha value is -1.62. The minimum absolute atomic E-state index is 0.190. The van der Waals surface area contributed by atoms with Crippen LogP contribution in [0.1, 0.15) is 13.8 Å². The Bertz CT molecular complexity index is 490. The third kappa shape index (κ3) is 2.30. The number of para-hydroxylation sites is 1. The molecule has 0 spiro atoms. The number of hydrogen-bond donors (Lipinski definition) is 1. The lowest BCUT2D eigenvalue weighted by molar-refractivity contribution is -0.136. The molecule has 4 nitrogen and oxygen atoms in total. The second-order valence-corrected chi connectivity index (χ2v) is 5.53. The summed E-state index contributed by atoms with van der Waals surface area (Å²) in [4.78, 5) is 15.4. The van der Waals surface area contributed by atoms with Crippen molar-refractivity contribution in [3.63, 3.8) is 0 Å². The van der Waals surface area contributed by atoms with Gasteiger partial charge in [0, 0.05) is 13.6 Å². The predicted molar refractivity (Wildman–Crippen MR) is 71.5 cm³/mol. The van der Waals surface area contributed by atoms with E-state index in [-0.39, 0.29) is 18.3 Å². The smallest absolute Gasteiger partial charge is 0.247 e. The van der Waals surface area contributed by atoms with Gasteiger partial charge in [-0.15, -0.1) is 0 Å². The molecular weight excluding hydrogens is 247 g/mol. The van der Waals surface area contributed by atoms with Gasteiger partial charge >= 0.3 is 0 Å². The van der Waals surface area contributed by atoms with E-state index >= 15 is 0 Å². The predicted octanol–water partition coefficient (Wildman–Crippen LogP) is 1.24. The van der Waals surface area contributed by atoms with Crippen LogP contribution in [0.2, 0.25) is 0 Å². The zero-order chi connectivity index (χ0) is 14.2. The molecule has 1 aromatic rings. The van der Waals surface area contributed by atoms with E-state index in [0.717, 1.165) is 0 Å². The summed E-state index contributed by atoms with van der Waals surface area (Å²) in [6, 6.07) is 5.59. The maximum absolute atomic E-state index is 14.0. The van der Waals surface area contributed by atoms with E-state index in [4.69, 9.17) is 0 Å². The molecule has 1 unspecified atom stereocenters. The molecule has 1 N–H and O–H groups in total. The third-order valence-electron chi connectivity index (χ3n) is 3.53. The summed E-state index contributed by atoms with van der Waals surface area (Å²) in [5.74, 6) is -0.573. The van der Waals surface area contributed by atoms with E-state index < -0.39 is 11.6 Å². The highest BCUT2D eigenvalue weighted by Gasteiger charge is 2.44. The summed E-state index contributed by atoms with van der Waals surface area (Å²) in [6.07, 6.45) is 0. The van der Waals surface area contributed by atoms with Gasteiger partial charge in [0.05, 0.1) is 17.8 Å². The number of carbonyl (C=O) groups is 1. The third-order valence-corrected chi connectivity index (χ3v) is 3.53. The van der Waals surface area contributed by atoms with Gasteiger partial charge in [-0.25, -0.2) is 4.39 Å². The monoisotopic (exact) mass is 266 g/mol. The summed E-state index contributed by atoms with van der Waals surface area (Å²) in [7, 11) is 1.70. The lowest BCUT2D eigenvalue weighted by atomic mass is 9.93. The lowest BCUT2D eigenvalue weighted by Crippen LogP contribution is -2.67. The van der Waals surface area contributed by atoms with Gasteiger partial charge in [0.2, 0.25) is 5.91 Å². The van der Waals surface area contributed by atoms with Gasteiger partial charge in [0.1, 0.15) is 11.9 Å². The number of aliphatic hydroxyl groups is 1. The van der Waals surface area contributed by atoms with Crippen molar-refractivity contribution in [2.24, 2.45) is 0 Å². The van der Waals surface area contributed by atoms with Crippen molar-refractivity contribution in [1.82, 2.24) is 4.90 Å². The molecule has 0 bridgehead atoms. The van der Waals surface area contributed by atoms with Gasteiger partial charge < -0.3 is 14.9 Å². The average molecular weight is 266 g/mol. The van der Waals surface area contributed by atoms with E-state index in [1.165, 1.54) is 6.07 Å². The topological polar surface area (TPSA) is 43.8 Å². The van der Waals surface area contributed by atoms with Crippen molar-refractivity contribution >= 4 is 11.6 Å². The van der Waals surface area contributed by atoms with E-state index in [0.29, 0.717) is 12.2 Å². The molecule has 1 fully saturated rings. The van der Waals surface area contributed by atoms with Crippen LogP contribution in [0.15, 0.2) is 24.3 Å². The van der Waals surface area contributed by atoms with Gasteiger partial charge in [-0.05, 0) is 26.0 Å². The van der Waals surface area contributed by atoms with Crippen LogP contribution in [0.5, 0.6) is 0 Å². The summed E-state index contributed by atoms with van der Waals surface area (Å²) in [5.41, 5.74) is -0.0916. The van der Waals surface area contributed by atoms with Crippen LogP contribution in [-0.4, -0.2) is 47.7 Å². The number of nitrogens with zero attached hydrogens (tertiary/aromatic N) is 2. The first-order valence-corrected chi connectivity index (χ1v) is 6.28. The molecule has 0 aliphatic carbocycles. The van der Waals surface area contributed by atoms with Crippen LogP contribution in [0.25, 0.3) is 0 Å². The first kappa shape index (κ1) is 13.8. The molecule has 1 aliphatic heterocycles. The molecule has 1 saturated heterocycles. The number of anilines is 1. The highest BCUT2D eigenvalue weighted by molar-refractivity contribution is 5.87. The van der Waals surface area contributed by atoms with Crippen molar-refractivity contribution in [2.75, 3.05) is 25.1 Å². The fourth-order valence-corrected chi connectivity index (χ4v) is 2.82. The quantitative estimate of drug-likeness (QED) is 0.876. The molecule has 0 aromatic heterocycles. The minimum Gasteiger partial charge on any atom is -0.394 e. The zero-order valence-corrected chi connectivity index (χ0v) is 11.4. The highest BCUT2D eigenvalue weighted by Crippen LogP contribution is 2.33. The zero-order valence-electron chi connectivity index (χ0n) is 11.4. The molecule has 5 heteroatoms. The first-order chi connectivity index (χ1) is 8.88. The number of hydrogen-bond acceptors (Lipinski definition) is 3. The average Bonchev–Trinajstić information content (AvgIpc) is 2.34. The summed E-state index contributed by atoms with van der Waals surface area (Å²) in [6.45, 7) is 4.02. The Kier molecular flexibility index (Phi) is 3.49. The highest BCUT2D eigenvalue weighted by atomic mass is 19.1. The maximum Gasteiger partial charge on any atom is 0.247 e. The Labute approximate surface area is 112 Å². The molecule has 104 valence electrons.